The van der Waals surface area contributed by atoms with Gasteiger partial charge in [-0.1, -0.05) is 58.3 Å². The van der Waals surface area contributed by atoms with Crippen molar-refractivity contribution >= 4 is 0 Å². The Morgan fingerprint density at radius 3 is 2.38 bits per heavy atom. The highest BCUT2D eigenvalue weighted by Gasteiger charge is 2.18. The molecule has 0 radical (unpaired) electrons. The van der Waals surface area contributed by atoms with Crippen LogP contribution in [0.4, 0.5) is 0 Å². The molecule has 0 bridgehead atoms. The number of rotatable bonds is 8. The molecule has 1 N–H and O–H groups in total. The maximum absolute atomic E-state index is 8.95. The van der Waals surface area contributed by atoms with Crippen molar-refractivity contribution in [2.45, 2.75) is 77.6 Å². The van der Waals surface area contributed by atoms with Crippen molar-refractivity contribution in [1.82, 2.24) is 0 Å². The normalized spacial score (nSPS) is 19.9. The highest BCUT2D eigenvalue weighted by Crippen LogP contribution is 2.32. The summed E-state index contributed by atoms with van der Waals surface area (Å²) in [6.07, 6.45) is 15.1. The molecule has 0 aliphatic heterocycles. The number of aliphatic hydroxyl groups is 1. The average Bonchev–Trinajstić information content (AvgIpc) is 2.34. The van der Waals surface area contributed by atoms with Gasteiger partial charge >= 0.3 is 0 Å². The highest BCUT2D eigenvalue weighted by atomic mass is 16.2. The predicted molar refractivity (Wildman–Crippen MR) is 70.5 cm³/mol. The van der Waals surface area contributed by atoms with E-state index < -0.39 is 0 Å². The lowest BCUT2D eigenvalue weighted by atomic mass is 9.80. The first-order valence-electron chi connectivity index (χ1n) is 7.47. The van der Waals surface area contributed by atoms with E-state index in [0.29, 0.717) is 6.61 Å². The molecule has 1 saturated carbocycles. The van der Waals surface area contributed by atoms with Crippen molar-refractivity contribution in [3.63, 3.8) is 0 Å². The number of hydrogen-bond donors (Lipinski definition) is 1. The second-order valence-electron chi connectivity index (χ2n) is 5.61. The summed E-state index contributed by atoms with van der Waals surface area (Å²) in [5, 5.41) is 8.95. The molecule has 1 nitrogen and oxygen atoms in total. The van der Waals surface area contributed by atoms with E-state index in [-0.39, 0.29) is 0 Å². The second kappa shape index (κ2) is 9.04. The maximum Gasteiger partial charge on any atom is 0.0431 e. The van der Waals surface area contributed by atoms with E-state index in [9.17, 15) is 0 Å². The van der Waals surface area contributed by atoms with Gasteiger partial charge in [-0.05, 0) is 31.1 Å². The van der Waals surface area contributed by atoms with Gasteiger partial charge in [0.1, 0.15) is 0 Å². The quantitative estimate of drug-likeness (QED) is 0.644. The molecule has 0 spiro atoms. The van der Waals surface area contributed by atoms with Gasteiger partial charge in [-0.3, -0.25) is 0 Å². The SMILES string of the molecule is CCCCC(CCCO)CC1CCCCC1. The van der Waals surface area contributed by atoms with Crippen LogP contribution in [0.5, 0.6) is 0 Å². The standard InChI is InChI=1S/C15H30O/c1-2-3-8-14(11-7-12-16)13-15-9-5-4-6-10-15/h14-16H,2-13H2,1H3. The molecule has 1 atom stereocenters. The Balaban J connectivity index is 2.23. The molecule has 0 saturated heterocycles. The molecular formula is C15H30O. The largest absolute Gasteiger partial charge is 0.396 e. The van der Waals surface area contributed by atoms with Crippen molar-refractivity contribution in [2.24, 2.45) is 11.8 Å². The lowest BCUT2D eigenvalue weighted by Crippen LogP contribution is -2.13. The molecule has 0 aromatic heterocycles. The Morgan fingerprint density at radius 2 is 1.75 bits per heavy atom. The number of aliphatic hydroxyl groups excluding tert-OH is 1. The molecule has 1 aliphatic rings. The second-order valence-corrected chi connectivity index (χ2v) is 5.61. The third-order valence-electron chi connectivity index (χ3n) is 4.13. The van der Waals surface area contributed by atoms with Gasteiger partial charge in [0.25, 0.3) is 0 Å². The lowest BCUT2D eigenvalue weighted by molar-refractivity contribution is 0.234. The van der Waals surface area contributed by atoms with E-state index in [1.54, 1.807) is 0 Å². The summed E-state index contributed by atoms with van der Waals surface area (Å²) in [5.74, 6) is 1.91. The van der Waals surface area contributed by atoms with Gasteiger partial charge in [0.15, 0.2) is 0 Å². The zero-order chi connectivity index (χ0) is 11.6. The minimum Gasteiger partial charge on any atom is -0.396 e. The molecule has 0 amide bonds. The zero-order valence-corrected chi connectivity index (χ0v) is 11.1. The van der Waals surface area contributed by atoms with Crippen LogP contribution in [0.1, 0.15) is 77.6 Å². The summed E-state index contributed by atoms with van der Waals surface area (Å²) < 4.78 is 0. The Morgan fingerprint density at radius 1 is 1.06 bits per heavy atom. The van der Waals surface area contributed by atoms with Crippen molar-refractivity contribution in [2.75, 3.05) is 6.61 Å². The third-order valence-corrected chi connectivity index (χ3v) is 4.13. The molecule has 1 heteroatoms. The van der Waals surface area contributed by atoms with Crippen LogP contribution >= 0.6 is 0 Å². The summed E-state index contributed by atoms with van der Waals surface area (Å²) in [4.78, 5) is 0. The Bertz CT molecular complexity index is 142. The van der Waals surface area contributed by atoms with Crippen molar-refractivity contribution in [1.29, 1.82) is 0 Å². The first-order valence-corrected chi connectivity index (χ1v) is 7.47. The van der Waals surface area contributed by atoms with Crippen LogP contribution in [0.3, 0.4) is 0 Å². The molecule has 1 unspecified atom stereocenters. The molecule has 0 aromatic carbocycles. The van der Waals surface area contributed by atoms with Crippen LogP contribution in [0, 0.1) is 11.8 Å². The smallest absolute Gasteiger partial charge is 0.0431 e. The fourth-order valence-electron chi connectivity index (χ4n) is 3.15. The van der Waals surface area contributed by atoms with Gasteiger partial charge in [0.05, 0.1) is 0 Å². The Labute approximate surface area is 102 Å². The van der Waals surface area contributed by atoms with Gasteiger partial charge < -0.3 is 5.11 Å². The van der Waals surface area contributed by atoms with Crippen LogP contribution in [-0.4, -0.2) is 11.7 Å². The van der Waals surface area contributed by atoms with Gasteiger partial charge in [0, 0.05) is 6.61 Å². The Kier molecular flexibility index (Phi) is 7.92. The van der Waals surface area contributed by atoms with E-state index in [1.165, 1.54) is 64.2 Å². The van der Waals surface area contributed by atoms with E-state index in [4.69, 9.17) is 5.11 Å². The summed E-state index contributed by atoms with van der Waals surface area (Å²) in [6, 6.07) is 0. The lowest BCUT2D eigenvalue weighted by Gasteiger charge is -2.26. The maximum atomic E-state index is 8.95. The molecule has 1 fully saturated rings. The summed E-state index contributed by atoms with van der Waals surface area (Å²) >= 11 is 0. The summed E-state index contributed by atoms with van der Waals surface area (Å²) in [5.41, 5.74) is 0. The van der Waals surface area contributed by atoms with Crippen LogP contribution in [0.15, 0.2) is 0 Å². The fraction of sp³-hybridized carbons (Fsp3) is 1.00. The molecule has 1 aliphatic carbocycles. The summed E-state index contributed by atoms with van der Waals surface area (Å²) in [7, 11) is 0. The van der Waals surface area contributed by atoms with Crippen LogP contribution in [0.25, 0.3) is 0 Å². The first kappa shape index (κ1) is 14.0. The van der Waals surface area contributed by atoms with E-state index in [0.717, 1.165) is 18.3 Å². The fourth-order valence-corrected chi connectivity index (χ4v) is 3.15. The van der Waals surface area contributed by atoms with Crippen LogP contribution < -0.4 is 0 Å². The highest BCUT2D eigenvalue weighted by molar-refractivity contribution is 4.70. The predicted octanol–water partition coefficient (Wildman–Crippen LogP) is 4.54. The third kappa shape index (κ3) is 5.89. The first-order chi connectivity index (χ1) is 7.86. The zero-order valence-electron chi connectivity index (χ0n) is 11.1. The molecule has 96 valence electrons. The molecule has 0 heterocycles. The van der Waals surface area contributed by atoms with Gasteiger partial charge in [-0.15, -0.1) is 0 Å². The van der Waals surface area contributed by atoms with Gasteiger partial charge in [0.2, 0.25) is 0 Å². The summed E-state index contributed by atoms with van der Waals surface area (Å²) in [6.45, 7) is 2.66. The van der Waals surface area contributed by atoms with E-state index in [1.807, 2.05) is 0 Å². The van der Waals surface area contributed by atoms with E-state index in [2.05, 4.69) is 6.92 Å². The van der Waals surface area contributed by atoms with E-state index >= 15 is 0 Å². The van der Waals surface area contributed by atoms with Gasteiger partial charge in [-0.2, -0.15) is 0 Å². The molecule has 16 heavy (non-hydrogen) atoms. The molecule has 0 aromatic rings. The average molecular weight is 226 g/mol. The van der Waals surface area contributed by atoms with Crippen LogP contribution in [-0.2, 0) is 0 Å². The number of hydrogen-bond acceptors (Lipinski definition) is 1. The Hall–Kier alpha value is -0.0400. The van der Waals surface area contributed by atoms with Crippen molar-refractivity contribution in [3.8, 4) is 0 Å². The molecule has 1 rings (SSSR count). The van der Waals surface area contributed by atoms with Crippen molar-refractivity contribution < 1.29 is 5.11 Å². The minimum atomic E-state index is 0.382. The van der Waals surface area contributed by atoms with Gasteiger partial charge in [-0.25, -0.2) is 0 Å². The number of unbranched alkanes of at least 4 members (excludes halogenated alkanes) is 1. The molecular weight excluding hydrogens is 196 g/mol. The topological polar surface area (TPSA) is 20.2 Å². The minimum absolute atomic E-state index is 0.382. The van der Waals surface area contributed by atoms with Crippen molar-refractivity contribution in [3.05, 3.63) is 0 Å². The monoisotopic (exact) mass is 226 g/mol. The van der Waals surface area contributed by atoms with Crippen LogP contribution in [0.2, 0.25) is 0 Å².